The number of nitrogens with zero attached hydrogens (tertiary/aromatic N) is 1. The quantitative estimate of drug-likeness (QED) is 0.226. The van der Waals surface area contributed by atoms with Crippen molar-refractivity contribution in [1.29, 1.82) is 5.26 Å². The highest BCUT2D eigenvalue weighted by Gasteiger charge is 2.12. The number of unbranched alkanes of at least 4 members (excludes halogenated alkanes) is 2. The molecule has 0 saturated heterocycles. The summed E-state index contributed by atoms with van der Waals surface area (Å²) in [5.41, 5.74) is 0. The Morgan fingerprint density at radius 1 is 1.25 bits per heavy atom. The van der Waals surface area contributed by atoms with E-state index in [9.17, 15) is 4.79 Å². The molecular formula is C15H25NO3S. The van der Waals surface area contributed by atoms with Crippen molar-refractivity contribution in [3.8, 4) is 6.07 Å². The van der Waals surface area contributed by atoms with Crippen LogP contribution in [0.2, 0.25) is 0 Å². The predicted molar refractivity (Wildman–Crippen MR) is 82.6 cm³/mol. The molecule has 0 rings (SSSR count). The second-order valence-electron chi connectivity index (χ2n) is 4.11. The van der Waals surface area contributed by atoms with Gasteiger partial charge in [0.25, 0.3) is 0 Å². The van der Waals surface area contributed by atoms with Crippen LogP contribution in [0.3, 0.4) is 0 Å². The highest BCUT2D eigenvalue weighted by atomic mass is 32.2. The summed E-state index contributed by atoms with van der Waals surface area (Å²) >= 11 is 1.56. The third kappa shape index (κ3) is 11.0. The number of rotatable bonds is 13. The van der Waals surface area contributed by atoms with Gasteiger partial charge in [-0.3, -0.25) is 0 Å². The van der Waals surface area contributed by atoms with Crippen molar-refractivity contribution in [2.24, 2.45) is 0 Å². The highest BCUT2D eigenvalue weighted by Crippen LogP contribution is 2.16. The smallest absolute Gasteiger partial charge is 0.166 e. The molecule has 0 fully saturated rings. The normalized spacial score (nSPS) is 12.7. The Bertz CT molecular complexity index is 296. The van der Waals surface area contributed by atoms with Crippen LogP contribution in [0.5, 0.6) is 0 Å². The molecule has 0 aromatic heterocycles. The van der Waals surface area contributed by atoms with Crippen LogP contribution in [0.4, 0.5) is 0 Å². The van der Waals surface area contributed by atoms with Crippen LogP contribution in [0.15, 0.2) is 12.2 Å². The lowest BCUT2D eigenvalue weighted by molar-refractivity contribution is -0.120. The van der Waals surface area contributed by atoms with Crippen LogP contribution in [0.1, 0.15) is 39.5 Å². The number of ether oxygens (including phenoxy) is 2. The predicted octanol–water partition coefficient (Wildman–Crippen LogP) is 3.33. The van der Waals surface area contributed by atoms with Crippen LogP contribution in [-0.4, -0.2) is 36.8 Å². The molecule has 0 spiro atoms. The van der Waals surface area contributed by atoms with Gasteiger partial charge in [0.1, 0.15) is 6.29 Å². The van der Waals surface area contributed by atoms with Gasteiger partial charge < -0.3 is 14.3 Å². The van der Waals surface area contributed by atoms with Crippen molar-refractivity contribution in [2.75, 3.05) is 19.0 Å². The Kier molecular flexibility index (Phi) is 14.0. The number of thioether (sulfide) groups is 1. The van der Waals surface area contributed by atoms with Gasteiger partial charge in [0.2, 0.25) is 0 Å². The van der Waals surface area contributed by atoms with E-state index in [-0.39, 0.29) is 11.5 Å². The average molecular weight is 299 g/mol. The minimum absolute atomic E-state index is 0.0642. The molecule has 0 bridgehead atoms. The summed E-state index contributed by atoms with van der Waals surface area (Å²) in [5, 5.41) is 8.35. The molecule has 0 aliphatic heterocycles. The lowest BCUT2D eigenvalue weighted by Gasteiger charge is -2.17. The average Bonchev–Trinajstić information content (AvgIpc) is 2.46. The zero-order chi connectivity index (χ0) is 15.1. The number of hydrogen-bond acceptors (Lipinski definition) is 5. The maximum Gasteiger partial charge on any atom is 0.166 e. The van der Waals surface area contributed by atoms with E-state index in [1.165, 1.54) is 0 Å². The van der Waals surface area contributed by atoms with E-state index in [0.29, 0.717) is 31.8 Å². The summed E-state index contributed by atoms with van der Waals surface area (Å²) in [5.74, 6) is 0.660. The van der Waals surface area contributed by atoms with Crippen LogP contribution in [-0.2, 0) is 14.3 Å². The highest BCUT2D eigenvalue weighted by molar-refractivity contribution is 8.00. The number of hydrogen-bond donors (Lipinski definition) is 0. The first-order chi connectivity index (χ1) is 9.78. The zero-order valence-corrected chi connectivity index (χ0v) is 13.2. The molecule has 1 unspecified atom stereocenters. The second kappa shape index (κ2) is 14.6. The number of carbonyl (C=O) groups is 1. The van der Waals surface area contributed by atoms with Gasteiger partial charge in [-0.15, -0.1) is 11.8 Å². The number of aldehydes is 1. The molecule has 0 aromatic rings. The molecule has 0 radical (unpaired) electrons. The van der Waals surface area contributed by atoms with E-state index in [4.69, 9.17) is 14.7 Å². The Morgan fingerprint density at radius 2 is 1.95 bits per heavy atom. The van der Waals surface area contributed by atoms with E-state index >= 15 is 0 Å². The fourth-order valence-corrected chi connectivity index (χ4v) is 2.45. The summed E-state index contributed by atoms with van der Waals surface area (Å²) in [6.45, 7) is 5.07. The summed E-state index contributed by atoms with van der Waals surface area (Å²) in [6, 6.07) is 2.11. The largest absolute Gasteiger partial charge is 0.352 e. The van der Waals surface area contributed by atoms with E-state index in [2.05, 4.69) is 6.07 Å². The Labute approximate surface area is 126 Å². The van der Waals surface area contributed by atoms with Gasteiger partial charge in [0, 0.05) is 25.4 Å². The summed E-state index contributed by atoms with van der Waals surface area (Å²) in [7, 11) is 0. The summed E-state index contributed by atoms with van der Waals surface area (Å²) in [6.07, 6.45) is 7.85. The Balaban J connectivity index is 3.89. The van der Waals surface area contributed by atoms with Crippen LogP contribution in [0, 0.1) is 11.3 Å². The molecule has 0 aliphatic carbocycles. The lowest BCUT2D eigenvalue weighted by atomic mass is 10.2. The van der Waals surface area contributed by atoms with Crippen LogP contribution < -0.4 is 0 Å². The maximum absolute atomic E-state index is 11.0. The minimum atomic E-state index is -0.239. The van der Waals surface area contributed by atoms with Gasteiger partial charge in [0.05, 0.1) is 11.3 Å². The van der Waals surface area contributed by atoms with Crippen molar-refractivity contribution in [1.82, 2.24) is 0 Å². The number of carbonyl (C=O) groups excluding carboxylic acids is 1. The molecule has 1 atom stereocenters. The van der Waals surface area contributed by atoms with Crippen molar-refractivity contribution in [3.05, 3.63) is 12.2 Å². The molecule has 20 heavy (non-hydrogen) atoms. The fourth-order valence-electron chi connectivity index (χ4n) is 1.53. The Morgan fingerprint density at radius 3 is 2.50 bits per heavy atom. The lowest BCUT2D eigenvalue weighted by Crippen LogP contribution is -2.22. The first-order valence-electron chi connectivity index (χ1n) is 7.10. The third-order valence-corrected chi connectivity index (χ3v) is 3.69. The molecular weight excluding hydrogens is 274 g/mol. The summed E-state index contributed by atoms with van der Waals surface area (Å²) < 4.78 is 10.9. The van der Waals surface area contributed by atoms with E-state index in [1.54, 1.807) is 11.8 Å². The van der Waals surface area contributed by atoms with Gasteiger partial charge in [0.15, 0.2) is 6.29 Å². The van der Waals surface area contributed by atoms with E-state index < -0.39 is 0 Å². The van der Waals surface area contributed by atoms with Crippen molar-refractivity contribution in [3.63, 3.8) is 0 Å². The zero-order valence-electron chi connectivity index (χ0n) is 12.4. The van der Waals surface area contributed by atoms with Crippen LogP contribution >= 0.6 is 11.8 Å². The molecule has 0 amide bonds. The maximum atomic E-state index is 11.0. The minimum Gasteiger partial charge on any atom is -0.352 e. The third-order valence-electron chi connectivity index (χ3n) is 2.50. The monoisotopic (exact) mass is 299 g/mol. The molecule has 0 saturated carbocycles. The molecule has 0 heterocycles. The SMILES string of the molecule is CCOC(CSC(C=O)C/C=C/CCCC#N)OCC. The van der Waals surface area contributed by atoms with Gasteiger partial charge in [-0.05, 0) is 33.1 Å². The molecule has 0 aromatic carbocycles. The van der Waals surface area contributed by atoms with Crippen molar-refractivity contribution < 1.29 is 14.3 Å². The van der Waals surface area contributed by atoms with Crippen LogP contribution in [0.25, 0.3) is 0 Å². The second-order valence-corrected chi connectivity index (χ2v) is 5.38. The molecule has 114 valence electrons. The van der Waals surface area contributed by atoms with Crippen molar-refractivity contribution in [2.45, 2.75) is 51.1 Å². The first kappa shape index (κ1) is 19.2. The Hall–Kier alpha value is -0.830. The topological polar surface area (TPSA) is 59.3 Å². The fraction of sp³-hybridized carbons (Fsp3) is 0.733. The van der Waals surface area contributed by atoms with Gasteiger partial charge in [-0.2, -0.15) is 5.26 Å². The molecule has 0 aliphatic rings. The molecule has 4 nitrogen and oxygen atoms in total. The number of allylic oxidation sites excluding steroid dienone is 2. The number of nitriles is 1. The summed E-state index contributed by atoms with van der Waals surface area (Å²) in [4.78, 5) is 11.0. The first-order valence-corrected chi connectivity index (χ1v) is 8.15. The van der Waals surface area contributed by atoms with Gasteiger partial charge in [-0.25, -0.2) is 0 Å². The van der Waals surface area contributed by atoms with E-state index in [0.717, 1.165) is 19.1 Å². The van der Waals surface area contributed by atoms with Crippen molar-refractivity contribution >= 4 is 18.0 Å². The standard InChI is InChI=1S/C15H25NO3S/c1-3-18-15(19-4-2)13-20-14(12-17)10-8-6-5-7-9-11-16/h6,8,12,14-15H,3-5,7,9-10,13H2,1-2H3/b8-6+. The molecule has 5 heteroatoms. The van der Waals surface area contributed by atoms with Gasteiger partial charge in [-0.1, -0.05) is 12.2 Å². The van der Waals surface area contributed by atoms with Gasteiger partial charge >= 0.3 is 0 Å². The van der Waals surface area contributed by atoms with E-state index in [1.807, 2.05) is 26.0 Å². The molecule has 0 N–H and O–H groups in total.